The molecular formula is C19H23N5O2S. The molecule has 3 aromatic rings. The van der Waals surface area contributed by atoms with Crippen molar-refractivity contribution in [3.05, 3.63) is 42.2 Å². The molecule has 0 radical (unpaired) electrons. The van der Waals surface area contributed by atoms with Crippen molar-refractivity contribution in [3.63, 3.8) is 0 Å². The monoisotopic (exact) mass is 385 g/mol. The summed E-state index contributed by atoms with van der Waals surface area (Å²) < 4.78 is 8.27. The number of aryl methyl sites for hydroxylation is 1. The lowest BCUT2D eigenvalue weighted by Crippen LogP contribution is -2.43. The second kappa shape index (κ2) is 8.16. The van der Waals surface area contributed by atoms with Crippen molar-refractivity contribution < 1.29 is 9.53 Å². The Hall–Kier alpha value is -2.29. The molecule has 1 saturated heterocycles. The number of hydrogen-bond donors (Lipinski definition) is 0. The number of morpholine rings is 1. The fourth-order valence-corrected chi connectivity index (χ4v) is 4.11. The van der Waals surface area contributed by atoms with Crippen LogP contribution < -0.4 is 4.90 Å². The number of amides is 1. The van der Waals surface area contributed by atoms with Gasteiger partial charge < -0.3 is 4.74 Å². The number of fused-ring (bicyclic) bond motifs is 1. The van der Waals surface area contributed by atoms with Crippen molar-refractivity contribution in [3.8, 4) is 0 Å². The third-order valence-electron chi connectivity index (χ3n) is 4.69. The predicted molar refractivity (Wildman–Crippen MR) is 106 cm³/mol. The fraction of sp³-hybridized carbons (Fsp3) is 0.421. The molecule has 0 unspecified atom stereocenters. The van der Waals surface area contributed by atoms with E-state index in [4.69, 9.17) is 9.72 Å². The van der Waals surface area contributed by atoms with Gasteiger partial charge in [0.1, 0.15) is 0 Å². The van der Waals surface area contributed by atoms with Crippen LogP contribution in [0, 0.1) is 0 Å². The van der Waals surface area contributed by atoms with E-state index in [2.05, 4.69) is 10.00 Å². The zero-order chi connectivity index (χ0) is 18.6. The SMILES string of the molecule is CCn1ccc(C(=O)N(CCN2CCOCC2)c2nc3ccccc3s2)n1. The largest absolute Gasteiger partial charge is 0.379 e. The fourth-order valence-electron chi connectivity index (χ4n) is 3.12. The number of rotatable bonds is 6. The maximum absolute atomic E-state index is 13.2. The second-order valence-corrected chi connectivity index (χ2v) is 7.44. The van der Waals surface area contributed by atoms with Gasteiger partial charge >= 0.3 is 0 Å². The maximum atomic E-state index is 13.2. The molecule has 1 aromatic carbocycles. The second-order valence-electron chi connectivity index (χ2n) is 6.43. The van der Waals surface area contributed by atoms with Crippen molar-refractivity contribution >= 4 is 32.6 Å². The number of thiazole rings is 1. The Kier molecular flexibility index (Phi) is 5.47. The number of carbonyl (C=O) groups excluding carboxylic acids is 1. The van der Waals surface area contributed by atoms with E-state index in [0.29, 0.717) is 12.2 Å². The lowest BCUT2D eigenvalue weighted by Gasteiger charge is -2.29. The lowest BCUT2D eigenvalue weighted by atomic mass is 10.3. The highest BCUT2D eigenvalue weighted by atomic mass is 32.1. The molecule has 2 aromatic heterocycles. The highest BCUT2D eigenvalue weighted by molar-refractivity contribution is 7.22. The molecular weight excluding hydrogens is 362 g/mol. The first kappa shape index (κ1) is 18.1. The van der Waals surface area contributed by atoms with Gasteiger partial charge in [-0.25, -0.2) is 4.98 Å². The number of aromatic nitrogens is 3. The van der Waals surface area contributed by atoms with Crippen LogP contribution in [0.2, 0.25) is 0 Å². The van der Waals surface area contributed by atoms with Gasteiger partial charge in [-0.1, -0.05) is 23.5 Å². The van der Waals surface area contributed by atoms with E-state index >= 15 is 0 Å². The number of anilines is 1. The lowest BCUT2D eigenvalue weighted by molar-refractivity contribution is 0.0391. The number of nitrogens with zero attached hydrogens (tertiary/aromatic N) is 5. The van der Waals surface area contributed by atoms with E-state index in [1.807, 2.05) is 37.4 Å². The molecule has 4 rings (SSSR count). The van der Waals surface area contributed by atoms with Crippen LogP contribution in [-0.4, -0.2) is 65.0 Å². The Morgan fingerprint density at radius 2 is 2.07 bits per heavy atom. The van der Waals surface area contributed by atoms with Crippen LogP contribution >= 0.6 is 11.3 Å². The van der Waals surface area contributed by atoms with E-state index in [0.717, 1.165) is 54.7 Å². The third kappa shape index (κ3) is 4.02. The summed E-state index contributed by atoms with van der Waals surface area (Å²) in [4.78, 5) is 22.0. The normalized spacial score (nSPS) is 15.3. The van der Waals surface area contributed by atoms with Gasteiger partial charge in [0.05, 0.1) is 23.4 Å². The zero-order valence-corrected chi connectivity index (χ0v) is 16.2. The van der Waals surface area contributed by atoms with Crippen LogP contribution in [0.3, 0.4) is 0 Å². The van der Waals surface area contributed by atoms with Gasteiger partial charge in [0.15, 0.2) is 10.8 Å². The Bertz CT molecular complexity index is 883. The number of carbonyl (C=O) groups is 1. The first-order valence-electron chi connectivity index (χ1n) is 9.25. The number of hydrogen-bond acceptors (Lipinski definition) is 6. The number of ether oxygens (including phenoxy) is 1. The van der Waals surface area contributed by atoms with E-state index in [9.17, 15) is 4.79 Å². The van der Waals surface area contributed by atoms with Crippen LogP contribution in [0.25, 0.3) is 10.2 Å². The molecule has 0 aliphatic carbocycles. The average Bonchev–Trinajstić information content (AvgIpc) is 3.35. The number of para-hydroxylation sites is 1. The summed E-state index contributed by atoms with van der Waals surface area (Å²) in [5.74, 6) is -0.102. The van der Waals surface area contributed by atoms with Crippen LogP contribution in [0.4, 0.5) is 5.13 Å². The molecule has 7 nitrogen and oxygen atoms in total. The summed E-state index contributed by atoms with van der Waals surface area (Å²) in [6, 6.07) is 9.75. The van der Waals surface area contributed by atoms with Crippen LogP contribution in [0.5, 0.6) is 0 Å². The van der Waals surface area contributed by atoms with Crippen LogP contribution in [-0.2, 0) is 11.3 Å². The standard InChI is InChI=1S/C19H23N5O2S/c1-2-23-8-7-16(21-23)18(25)24(10-9-22-11-13-26-14-12-22)19-20-15-5-3-4-6-17(15)27-19/h3-8H,2,9-14H2,1H3. The first-order valence-corrected chi connectivity index (χ1v) is 10.1. The summed E-state index contributed by atoms with van der Waals surface area (Å²) >= 11 is 1.54. The summed E-state index contributed by atoms with van der Waals surface area (Å²) in [5.41, 5.74) is 1.37. The summed E-state index contributed by atoms with van der Waals surface area (Å²) in [7, 11) is 0. The van der Waals surface area contributed by atoms with Gasteiger partial charge in [0.25, 0.3) is 5.91 Å². The molecule has 1 fully saturated rings. The minimum Gasteiger partial charge on any atom is -0.379 e. The minimum absolute atomic E-state index is 0.102. The highest BCUT2D eigenvalue weighted by Gasteiger charge is 2.24. The highest BCUT2D eigenvalue weighted by Crippen LogP contribution is 2.29. The minimum atomic E-state index is -0.102. The van der Waals surface area contributed by atoms with E-state index in [1.54, 1.807) is 27.0 Å². The van der Waals surface area contributed by atoms with Crippen molar-refractivity contribution in [1.82, 2.24) is 19.7 Å². The molecule has 1 aliphatic rings. The van der Waals surface area contributed by atoms with E-state index < -0.39 is 0 Å². The van der Waals surface area contributed by atoms with Gasteiger partial charge in [-0.2, -0.15) is 5.10 Å². The third-order valence-corrected chi connectivity index (χ3v) is 5.75. The maximum Gasteiger partial charge on any atom is 0.280 e. The average molecular weight is 385 g/mol. The van der Waals surface area contributed by atoms with Gasteiger partial charge in [-0.15, -0.1) is 0 Å². The van der Waals surface area contributed by atoms with Gasteiger partial charge in [-0.05, 0) is 25.1 Å². The summed E-state index contributed by atoms with van der Waals surface area (Å²) in [6.45, 7) is 7.40. The molecule has 0 N–H and O–H groups in total. The van der Waals surface area contributed by atoms with Crippen molar-refractivity contribution in [2.45, 2.75) is 13.5 Å². The molecule has 0 saturated carbocycles. The van der Waals surface area contributed by atoms with Gasteiger partial charge in [0.2, 0.25) is 0 Å². The van der Waals surface area contributed by atoms with Crippen LogP contribution in [0.15, 0.2) is 36.5 Å². The molecule has 8 heteroatoms. The molecule has 0 bridgehead atoms. The molecule has 0 atom stereocenters. The molecule has 3 heterocycles. The smallest absolute Gasteiger partial charge is 0.280 e. The van der Waals surface area contributed by atoms with E-state index in [1.165, 1.54) is 0 Å². The first-order chi connectivity index (χ1) is 13.2. The van der Waals surface area contributed by atoms with Gasteiger partial charge in [-0.3, -0.25) is 19.3 Å². The van der Waals surface area contributed by atoms with Crippen molar-refractivity contribution in [2.24, 2.45) is 0 Å². The quantitative estimate of drug-likeness (QED) is 0.652. The van der Waals surface area contributed by atoms with Crippen LogP contribution in [0.1, 0.15) is 17.4 Å². The Morgan fingerprint density at radius 3 is 2.81 bits per heavy atom. The van der Waals surface area contributed by atoms with E-state index in [-0.39, 0.29) is 5.91 Å². The predicted octanol–water partition coefficient (Wildman–Crippen LogP) is 2.49. The molecule has 27 heavy (non-hydrogen) atoms. The Morgan fingerprint density at radius 1 is 1.26 bits per heavy atom. The van der Waals surface area contributed by atoms with Crippen molar-refractivity contribution in [1.29, 1.82) is 0 Å². The summed E-state index contributed by atoms with van der Waals surface area (Å²) in [6.07, 6.45) is 1.84. The molecule has 0 spiro atoms. The molecule has 1 amide bonds. The molecule has 1 aliphatic heterocycles. The van der Waals surface area contributed by atoms with Gasteiger partial charge in [0, 0.05) is 38.9 Å². The topological polar surface area (TPSA) is 63.5 Å². The Labute approximate surface area is 162 Å². The van der Waals surface area contributed by atoms with Crippen molar-refractivity contribution in [2.75, 3.05) is 44.3 Å². The number of benzene rings is 1. The Balaban J connectivity index is 1.60. The summed E-state index contributed by atoms with van der Waals surface area (Å²) in [5, 5.41) is 5.12. The molecule has 142 valence electrons. The zero-order valence-electron chi connectivity index (χ0n) is 15.4.